The first-order chi connectivity index (χ1) is 13.2. The lowest BCUT2D eigenvalue weighted by Gasteiger charge is -2.13. The van der Waals surface area contributed by atoms with E-state index in [0.717, 1.165) is 39.1 Å². The molecule has 0 amide bonds. The van der Waals surface area contributed by atoms with Crippen LogP contribution in [0.3, 0.4) is 0 Å². The molecule has 3 aromatic heterocycles. The summed E-state index contributed by atoms with van der Waals surface area (Å²) >= 11 is 0. The quantitative estimate of drug-likeness (QED) is 0.578. The number of anilines is 1. The molecule has 0 spiro atoms. The molecule has 5 nitrogen and oxygen atoms in total. The van der Waals surface area contributed by atoms with E-state index in [1.165, 1.54) is 12.8 Å². The van der Waals surface area contributed by atoms with Crippen LogP contribution in [0.25, 0.3) is 27.8 Å². The fourth-order valence-electron chi connectivity index (χ4n) is 3.58. The second-order valence-electron chi connectivity index (χ2n) is 7.07. The summed E-state index contributed by atoms with van der Waals surface area (Å²) in [5.74, 6) is 1.09. The highest BCUT2D eigenvalue weighted by atomic mass is 16.3. The van der Waals surface area contributed by atoms with E-state index in [1.54, 1.807) is 6.20 Å². The van der Waals surface area contributed by atoms with Gasteiger partial charge in [0.2, 0.25) is 0 Å². The summed E-state index contributed by atoms with van der Waals surface area (Å²) in [5, 5.41) is 10.4. The standard InChI is InChI=1S/C22H20N4O/c23-22-18(2-1-9-24-22)21-10-16-12-25-19(15-5-6-15)11-20(16)26(21)17-7-3-14(13-27)4-8-17/h1-4,7-12,15,27H,5-6,13H2,(H2,23,24). The molecule has 1 aliphatic carbocycles. The maximum atomic E-state index is 9.36. The molecule has 4 aromatic rings. The predicted octanol–water partition coefficient (Wildman–Crippen LogP) is 4.04. The predicted molar refractivity (Wildman–Crippen MR) is 107 cm³/mol. The second kappa shape index (κ2) is 6.21. The van der Waals surface area contributed by atoms with Gasteiger partial charge in [0.05, 0.1) is 17.8 Å². The van der Waals surface area contributed by atoms with Gasteiger partial charge in [-0.1, -0.05) is 12.1 Å². The average Bonchev–Trinajstić information content (AvgIpc) is 3.49. The molecule has 1 saturated carbocycles. The smallest absolute Gasteiger partial charge is 0.132 e. The zero-order valence-electron chi connectivity index (χ0n) is 14.8. The van der Waals surface area contributed by atoms with Crippen LogP contribution in [-0.2, 0) is 6.61 Å². The Bertz CT molecular complexity index is 1130. The van der Waals surface area contributed by atoms with Crippen LogP contribution in [0.2, 0.25) is 0 Å². The zero-order chi connectivity index (χ0) is 18.4. The van der Waals surface area contributed by atoms with E-state index >= 15 is 0 Å². The maximum absolute atomic E-state index is 9.36. The molecule has 0 radical (unpaired) electrons. The Morgan fingerprint density at radius 3 is 2.59 bits per heavy atom. The highest BCUT2D eigenvalue weighted by Gasteiger charge is 2.26. The lowest BCUT2D eigenvalue weighted by atomic mass is 10.1. The van der Waals surface area contributed by atoms with Gasteiger partial charge in [-0.05, 0) is 54.8 Å². The Morgan fingerprint density at radius 1 is 1.07 bits per heavy atom. The molecular weight excluding hydrogens is 336 g/mol. The Labute approximate surface area is 157 Å². The fraction of sp³-hybridized carbons (Fsp3) is 0.182. The monoisotopic (exact) mass is 356 g/mol. The van der Waals surface area contributed by atoms with Crippen molar-refractivity contribution in [2.24, 2.45) is 0 Å². The lowest BCUT2D eigenvalue weighted by molar-refractivity contribution is 0.282. The number of aliphatic hydroxyl groups excluding tert-OH is 1. The van der Waals surface area contributed by atoms with Crippen molar-refractivity contribution in [3.8, 4) is 16.9 Å². The number of nitrogens with two attached hydrogens (primary N) is 1. The summed E-state index contributed by atoms with van der Waals surface area (Å²) in [6, 6.07) is 16.1. The van der Waals surface area contributed by atoms with Gasteiger partial charge in [0.15, 0.2) is 0 Å². The largest absolute Gasteiger partial charge is 0.392 e. The van der Waals surface area contributed by atoms with Crippen molar-refractivity contribution in [3.05, 3.63) is 72.2 Å². The van der Waals surface area contributed by atoms with Gasteiger partial charge in [-0.15, -0.1) is 0 Å². The van der Waals surface area contributed by atoms with Crippen molar-refractivity contribution in [1.29, 1.82) is 0 Å². The molecular formula is C22H20N4O. The molecule has 1 fully saturated rings. The first-order valence-corrected chi connectivity index (χ1v) is 9.17. The Balaban J connectivity index is 1.78. The highest BCUT2D eigenvalue weighted by molar-refractivity contribution is 5.90. The normalized spacial score (nSPS) is 14.0. The number of rotatable bonds is 4. The van der Waals surface area contributed by atoms with Crippen LogP contribution in [0.4, 0.5) is 5.82 Å². The zero-order valence-corrected chi connectivity index (χ0v) is 14.8. The molecule has 134 valence electrons. The van der Waals surface area contributed by atoms with Crippen molar-refractivity contribution in [3.63, 3.8) is 0 Å². The molecule has 0 atom stereocenters. The SMILES string of the molecule is Nc1ncccc1-c1cc2cnc(C3CC3)cc2n1-c1ccc(CO)cc1. The molecule has 3 N–H and O–H groups in total. The Hall–Kier alpha value is -3.18. The molecule has 0 unspecified atom stereocenters. The molecule has 0 bridgehead atoms. The van der Waals surface area contributed by atoms with E-state index in [0.29, 0.717) is 11.7 Å². The van der Waals surface area contributed by atoms with E-state index in [1.807, 2.05) is 42.6 Å². The lowest BCUT2D eigenvalue weighted by Crippen LogP contribution is -2.01. The summed E-state index contributed by atoms with van der Waals surface area (Å²) in [4.78, 5) is 8.93. The van der Waals surface area contributed by atoms with E-state index < -0.39 is 0 Å². The van der Waals surface area contributed by atoms with Crippen molar-refractivity contribution in [1.82, 2.24) is 14.5 Å². The number of hydrogen-bond donors (Lipinski definition) is 2. The number of nitrogens with zero attached hydrogens (tertiary/aromatic N) is 3. The van der Waals surface area contributed by atoms with Crippen molar-refractivity contribution >= 4 is 16.7 Å². The molecule has 0 saturated heterocycles. The third-order valence-corrected chi connectivity index (χ3v) is 5.19. The van der Waals surface area contributed by atoms with Crippen LogP contribution < -0.4 is 5.73 Å². The Morgan fingerprint density at radius 2 is 1.89 bits per heavy atom. The number of nitrogen functional groups attached to an aromatic ring is 1. The average molecular weight is 356 g/mol. The van der Waals surface area contributed by atoms with Gasteiger partial charge in [-0.25, -0.2) is 4.98 Å². The summed E-state index contributed by atoms with van der Waals surface area (Å²) in [5.41, 5.74) is 12.2. The number of fused-ring (bicyclic) bond motifs is 1. The van der Waals surface area contributed by atoms with Crippen molar-refractivity contribution in [2.75, 3.05) is 5.73 Å². The number of pyridine rings is 2. The van der Waals surface area contributed by atoms with Crippen LogP contribution in [0.15, 0.2) is 60.9 Å². The third kappa shape index (κ3) is 2.76. The molecule has 5 rings (SSSR count). The second-order valence-corrected chi connectivity index (χ2v) is 7.07. The maximum Gasteiger partial charge on any atom is 0.132 e. The van der Waals surface area contributed by atoms with Crippen LogP contribution in [0, 0.1) is 0 Å². The van der Waals surface area contributed by atoms with E-state index in [2.05, 4.69) is 26.7 Å². The molecule has 5 heteroatoms. The topological polar surface area (TPSA) is 77.0 Å². The molecule has 1 aliphatic rings. The first kappa shape index (κ1) is 16.0. The van der Waals surface area contributed by atoms with Gasteiger partial charge in [0.25, 0.3) is 0 Å². The van der Waals surface area contributed by atoms with Gasteiger partial charge < -0.3 is 15.4 Å². The fourth-order valence-corrected chi connectivity index (χ4v) is 3.58. The molecule has 0 aliphatic heterocycles. The molecule has 3 heterocycles. The summed E-state index contributed by atoms with van der Waals surface area (Å²) in [7, 11) is 0. The number of aliphatic hydroxyl groups is 1. The first-order valence-electron chi connectivity index (χ1n) is 9.17. The van der Waals surface area contributed by atoms with Gasteiger partial charge in [0.1, 0.15) is 5.82 Å². The Kier molecular flexibility index (Phi) is 3.69. The van der Waals surface area contributed by atoms with Gasteiger partial charge in [-0.3, -0.25) is 4.98 Å². The minimum absolute atomic E-state index is 0.0326. The summed E-state index contributed by atoms with van der Waals surface area (Å²) in [6.45, 7) is 0.0326. The van der Waals surface area contributed by atoms with Gasteiger partial charge >= 0.3 is 0 Å². The minimum atomic E-state index is 0.0326. The van der Waals surface area contributed by atoms with E-state index in [4.69, 9.17) is 5.73 Å². The highest BCUT2D eigenvalue weighted by Crippen LogP contribution is 2.41. The number of aromatic nitrogens is 3. The van der Waals surface area contributed by atoms with E-state index in [9.17, 15) is 5.11 Å². The van der Waals surface area contributed by atoms with Gasteiger partial charge in [0, 0.05) is 40.6 Å². The molecule has 1 aromatic carbocycles. The van der Waals surface area contributed by atoms with Gasteiger partial charge in [-0.2, -0.15) is 0 Å². The number of benzene rings is 1. The molecule has 27 heavy (non-hydrogen) atoms. The van der Waals surface area contributed by atoms with Crippen LogP contribution in [-0.4, -0.2) is 19.6 Å². The van der Waals surface area contributed by atoms with Crippen LogP contribution in [0.1, 0.15) is 30.0 Å². The van der Waals surface area contributed by atoms with E-state index in [-0.39, 0.29) is 6.61 Å². The van der Waals surface area contributed by atoms with Crippen LogP contribution >= 0.6 is 0 Å². The van der Waals surface area contributed by atoms with Crippen molar-refractivity contribution in [2.45, 2.75) is 25.4 Å². The van der Waals surface area contributed by atoms with Crippen molar-refractivity contribution < 1.29 is 5.11 Å². The summed E-state index contributed by atoms with van der Waals surface area (Å²) in [6.07, 6.45) is 6.09. The van der Waals surface area contributed by atoms with Crippen LogP contribution in [0.5, 0.6) is 0 Å². The third-order valence-electron chi connectivity index (χ3n) is 5.19. The number of hydrogen-bond acceptors (Lipinski definition) is 4. The minimum Gasteiger partial charge on any atom is -0.392 e. The summed E-state index contributed by atoms with van der Waals surface area (Å²) < 4.78 is 2.21.